The molecule has 9 heteroatoms. The van der Waals surface area contributed by atoms with Crippen molar-refractivity contribution in [3.8, 4) is 11.4 Å². The number of carbonyl (C=O) groups is 1. The molecule has 3 heterocycles. The number of amidine groups is 1. The van der Waals surface area contributed by atoms with Crippen LogP contribution in [0.5, 0.6) is 0 Å². The first-order valence-electron chi connectivity index (χ1n) is 9.67. The van der Waals surface area contributed by atoms with Crippen molar-refractivity contribution >= 4 is 28.5 Å². The zero-order valence-corrected chi connectivity index (χ0v) is 17.1. The molecule has 2 atom stereocenters. The fraction of sp³-hybridized carbons (Fsp3) is 0.238. The predicted octanol–water partition coefficient (Wildman–Crippen LogP) is 2.73. The number of rotatable bonds is 4. The minimum atomic E-state index is -0.272. The molecule has 0 bridgehead atoms. The summed E-state index contributed by atoms with van der Waals surface area (Å²) < 4.78 is 5.43. The summed E-state index contributed by atoms with van der Waals surface area (Å²) in [4.78, 5) is 24.1. The summed E-state index contributed by atoms with van der Waals surface area (Å²) >= 11 is 1.41. The van der Waals surface area contributed by atoms with Gasteiger partial charge in [-0.15, -0.1) is 0 Å². The number of hydrogen-bond acceptors (Lipinski definition) is 8. The Morgan fingerprint density at radius 1 is 1.17 bits per heavy atom. The summed E-state index contributed by atoms with van der Waals surface area (Å²) in [5.41, 5.74) is 8.97. The number of thioether (sulfide) groups is 1. The summed E-state index contributed by atoms with van der Waals surface area (Å²) in [5.74, 6) is 1.24. The van der Waals surface area contributed by atoms with Crippen LogP contribution < -0.4 is 15.8 Å². The molecule has 1 fully saturated rings. The molecule has 0 radical (unpaired) electrons. The Kier molecular flexibility index (Phi) is 5.07. The quantitative estimate of drug-likeness (QED) is 0.670. The van der Waals surface area contributed by atoms with E-state index in [2.05, 4.69) is 21.0 Å². The number of aromatic nitrogens is 2. The first kappa shape index (κ1) is 19.0. The van der Waals surface area contributed by atoms with Crippen molar-refractivity contribution in [3.63, 3.8) is 0 Å². The highest BCUT2D eigenvalue weighted by Gasteiger charge is 2.42. The first-order valence-corrected chi connectivity index (χ1v) is 10.7. The Labute approximate surface area is 177 Å². The second-order valence-corrected chi connectivity index (χ2v) is 8.11. The Hall–Kier alpha value is -3.01. The van der Waals surface area contributed by atoms with Gasteiger partial charge in [0, 0.05) is 12.1 Å². The third kappa shape index (κ3) is 3.62. The molecular formula is C21H20N6O2S. The van der Waals surface area contributed by atoms with Gasteiger partial charge in [-0.1, -0.05) is 64.9 Å². The van der Waals surface area contributed by atoms with Gasteiger partial charge in [-0.2, -0.15) is 4.98 Å². The summed E-state index contributed by atoms with van der Waals surface area (Å²) in [5, 5.41) is 4.69. The standard InChI is InChI=1S/C21H20N6O2S/c1-13-7-9-14(10-8-13)18-23-17(29-26-18)12-30-21-24-19-16(11-22-25-19)20(28)27(21)15-5-3-2-4-6-15/h2-10,16,19,22,25H,11-12H2,1H3. The summed E-state index contributed by atoms with van der Waals surface area (Å²) in [6.45, 7) is 2.59. The number of carbonyl (C=O) groups excluding carboxylic acids is 1. The lowest BCUT2D eigenvalue weighted by molar-refractivity contribution is -0.121. The van der Waals surface area contributed by atoms with E-state index in [9.17, 15) is 4.79 Å². The van der Waals surface area contributed by atoms with E-state index in [-0.39, 0.29) is 18.0 Å². The van der Waals surface area contributed by atoms with Gasteiger partial charge in [0.1, 0.15) is 6.17 Å². The van der Waals surface area contributed by atoms with E-state index in [1.54, 1.807) is 4.90 Å². The molecule has 8 nitrogen and oxygen atoms in total. The average Bonchev–Trinajstić information content (AvgIpc) is 3.43. The number of amides is 1. The van der Waals surface area contributed by atoms with E-state index in [1.807, 2.05) is 61.5 Å². The summed E-state index contributed by atoms with van der Waals surface area (Å²) in [7, 11) is 0. The van der Waals surface area contributed by atoms with Crippen LogP contribution in [-0.4, -0.2) is 33.9 Å². The molecule has 0 aliphatic carbocycles. The fourth-order valence-electron chi connectivity index (χ4n) is 3.44. The fourth-order valence-corrected chi connectivity index (χ4v) is 4.33. The molecule has 152 valence electrons. The second kappa shape index (κ2) is 8.02. The van der Waals surface area contributed by atoms with Gasteiger partial charge < -0.3 is 4.52 Å². The third-order valence-electron chi connectivity index (χ3n) is 5.05. The van der Waals surface area contributed by atoms with E-state index in [0.717, 1.165) is 11.3 Å². The minimum absolute atomic E-state index is 0.0204. The minimum Gasteiger partial charge on any atom is -0.338 e. The first-order chi connectivity index (χ1) is 14.7. The van der Waals surface area contributed by atoms with Crippen molar-refractivity contribution in [1.29, 1.82) is 0 Å². The van der Waals surface area contributed by atoms with Crippen molar-refractivity contribution in [3.05, 3.63) is 66.1 Å². The molecule has 3 aromatic rings. The normalized spacial score (nSPS) is 20.9. The van der Waals surface area contributed by atoms with Crippen LogP contribution in [0.1, 0.15) is 11.5 Å². The number of aliphatic imine (C=N–C) groups is 1. The lowest BCUT2D eigenvalue weighted by Gasteiger charge is -2.32. The number of para-hydroxylation sites is 1. The highest BCUT2D eigenvalue weighted by Crippen LogP contribution is 2.30. The molecule has 5 rings (SSSR count). The van der Waals surface area contributed by atoms with Crippen molar-refractivity contribution in [2.75, 3.05) is 11.4 Å². The lowest BCUT2D eigenvalue weighted by atomic mass is 10.1. The van der Waals surface area contributed by atoms with E-state index in [1.165, 1.54) is 17.3 Å². The van der Waals surface area contributed by atoms with E-state index < -0.39 is 0 Å². The largest absolute Gasteiger partial charge is 0.338 e. The van der Waals surface area contributed by atoms with Gasteiger partial charge in [0.25, 0.3) is 0 Å². The molecule has 0 spiro atoms. The maximum absolute atomic E-state index is 13.1. The van der Waals surface area contributed by atoms with Crippen molar-refractivity contribution in [2.24, 2.45) is 10.9 Å². The SMILES string of the molecule is Cc1ccc(-c2noc(CSC3=NC4NNCC4C(=O)N3c3ccccc3)n2)cc1. The number of nitrogens with one attached hydrogen (secondary N) is 2. The molecule has 1 aromatic heterocycles. The van der Waals surface area contributed by atoms with Gasteiger partial charge in [-0.25, -0.2) is 10.4 Å². The molecule has 0 saturated carbocycles. The maximum atomic E-state index is 13.1. The van der Waals surface area contributed by atoms with Crippen LogP contribution in [0.3, 0.4) is 0 Å². The van der Waals surface area contributed by atoms with Crippen LogP contribution in [-0.2, 0) is 10.5 Å². The van der Waals surface area contributed by atoms with Crippen molar-refractivity contribution in [1.82, 2.24) is 21.0 Å². The van der Waals surface area contributed by atoms with Crippen molar-refractivity contribution < 1.29 is 9.32 Å². The second-order valence-electron chi connectivity index (χ2n) is 7.16. The third-order valence-corrected chi connectivity index (χ3v) is 5.99. The zero-order chi connectivity index (χ0) is 20.5. The monoisotopic (exact) mass is 420 g/mol. The Morgan fingerprint density at radius 2 is 1.97 bits per heavy atom. The molecule has 2 unspecified atom stereocenters. The van der Waals surface area contributed by atoms with Gasteiger partial charge >= 0.3 is 0 Å². The Balaban J connectivity index is 1.37. The molecule has 30 heavy (non-hydrogen) atoms. The predicted molar refractivity (Wildman–Crippen MR) is 116 cm³/mol. The number of hydrogen-bond donors (Lipinski definition) is 2. The highest BCUT2D eigenvalue weighted by molar-refractivity contribution is 8.13. The number of anilines is 1. The van der Waals surface area contributed by atoms with E-state index in [0.29, 0.717) is 29.2 Å². The van der Waals surface area contributed by atoms with E-state index >= 15 is 0 Å². The molecular weight excluding hydrogens is 400 g/mol. The molecule has 1 amide bonds. The molecule has 2 aromatic carbocycles. The number of hydrazine groups is 1. The van der Waals surface area contributed by atoms with Crippen LogP contribution in [0.15, 0.2) is 64.1 Å². The number of fused-ring (bicyclic) bond motifs is 1. The molecule has 2 N–H and O–H groups in total. The topological polar surface area (TPSA) is 95.7 Å². The molecule has 2 aliphatic rings. The van der Waals surface area contributed by atoms with E-state index in [4.69, 9.17) is 9.52 Å². The van der Waals surface area contributed by atoms with Crippen LogP contribution in [0.4, 0.5) is 5.69 Å². The van der Waals surface area contributed by atoms with Gasteiger partial charge in [0.05, 0.1) is 17.4 Å². The highest BCUT2D eigenvalue weighted by atomic mass is 32.2. The summed E-state index contributed by atoms with van der Waals surface area (Å²) in [6.07, 6.45) is -0.272. The smallest absolute Gasteiger partial charge is 0.241 e. The van der Waals surface area contributed by atoms with Crippen molar-refractivity contribution in [2.45, 2.75) is 18.8 Å². The van der Waals surface area contributed by atoms with Gasteiger partial charge in [-0.05, 0) is 19.1 Å². The zero-order valence-electron chi connectivity index (χ0n) is 16.3. The number of benzene rings is 2. The average molecular weight is 420 g/mol. The number of nitrogens with zero attached hydrogens (tertiary/aromatic N) is 4. The van der Waals surface area contributed by atoms with Gasteiger partial charge in [0.15, 0.2) is 5.17 Å². The van der Waals surface area contributed by atoms with Crippen LogP contribution >= 0.6 is 11.8 Å². The molecule has 2 aliphatic heterocycles. The maximum Gasteiger partial charge on any atom is 0.241 e. The van der Waals surface area contributed by atoms with Crippen LogP contribution in [0.25, 0.3) is 11.4 Å². The Morgan fingerprint density at radius 3 is 2.77 bits per heavy atom. The van der Waals surface area contributed by atoms with Gasteiger partial charge in [0.2, 0.25) is 17.6 Å². The van der Waals surface area contributed by atoms with Crippen LogP contribution in [0, 0.1) is 12.8 Å². The Bertz CT molecular complexity index is 1080. The van der Waals surface area contributed by atoms with Gasteiger partial charge in [-0.3, -0.25) is 15.1 Å². The number of aryl methyl sites for hydroxylation is 1. The lowest BCUT2D eigenvalue weighted by Crippen LogP contribution is -2.49. The molecule has 1 saturated heterocycles. The van der Waals surface area contributed by atoms with Crippen LogP contribution in [0.2, 0.25) is 0 Å². The summed E-state index contributed by atoms with van der Waals surface area (Å²) in [6, 6.07) is 17.5.